The standard InChI is InChI=1S/C10H10N4S/c11-9-3-7(8-4-12-5-15-8)13-10(14-9)6-1-2-6/h3-6H,1-2H2,(H2,11,13,14). The highest BCUT2D eigenvalue weighted by Gasteiger charge is 2.27. The summed E-state index contributed by atoms with van der Waals surface area (Å²) < 4.78 is 0. The first-order valence-corrected chi connectivity index (χ1v) is 5.74. The van der Waals surface area contributed by atoms with Crippen molar-refractivity contribution in [2.24, 2.45) is 0 Å². The van der Waals surface area contributed by atoms with Crippen molar-refractivity contribution >= 4 is 17.2 Å². The summed E-state index contributed by atoms with van der Waals surface area (Å²) >= 11 is 1.57. The van der Waals surface area contributed by atoms with Crippen LogP contribution < -0.4 is 5.73 Å². The monoisotopic (exact) mass is 218 g/mol. The third-order valence-corrected chi connectivity index (χ3v) is 3.19. The van der Waals surface area contributed by atoms with E-state index in [1.54, 1.807) is 22.9 Å². The Kier molecular flexibility index (Phi) is 1.92. The molecule has 1 aliphatic rings. The zero-order valence-corrected chi connectivity index (χ0v) is 8.87. The third-order valence-electron chi connectivity index (χ3n) is 2.39. The molecule has 1 fully saturated rings. The van der Waals surface area contributed by atoms with Gasteiger partial charge in [-0.1, -0.05) is 0 Å². The molecular formula is C10H10N4S. The average molecular weight is 218 g/mol. The summed E-state index contributed by atoms with van der Waals surface area (Å²) in [4.78, 5) is 13.9. The molecule has 0 atom stereocenters. The van der Waals surface area contributed by atoms with Crippen LogP contribution in [0.5, 0.6) is 0 Å². The van der Waals surface area contributed by atoms with Gasteiger partial charge in [-0.05, 0) is 12.8 Å². The lowest BCUT2D eigenvalue weighted by molar-refractivity contribution is 0.937. The van der Waals surface area contributed by atoms with Gasteiger partial charge in [0.25, 0.3) is 0 Å². The minimum absolute atomic E-state index is 0.528. The molecule has 2 aromatic heterocycles. The average Bonchev–Trinajstić information content (AvgIpc) is 2.93. The molecule has 0 bridgehead atoms. The molecule has 5 heteroatoms. The van der Waals surface area contributed by atoms with Gasteiger partial charge in [-0.25, -0.2) is 9.97 Å². The molecule has 15 heavy (non-hydrogen) atoms. The van der Waals surface area contributed by atoms with Crippen molar-refractivity contribution in [2.75, 3.05) is 5.73 Å². The molecule has 1 saturated carbocycles. The Labute approximate surface area is 91.2 Å². The van der Waals surface area contributed by atoms with Crippen LogP contribution in [-0.2, 0) is 0 Å². The Morgan fingerprint density at radius 1 is 1.33 bits per heavy atom. The second-order valence-corrected chi connectivity index (χ2v) is 4.56. The van der Waals surface area contributed by atoms with Crippen LogP contribution >= 0.6 is 11.3 Å². The predicted molar refractivity (Wildman–Crippen MR) is 59.5 cm³/mol. The predicted octanol–water partition coefficient (Wildman–Crippen LogP) is 2.06. The van der Waals surface area contributed by atoms with E-state index in [1.165, 1.54) is 12.8 Å². The van der Waals surface area contributed by atoms with Crippen molar-refractivity contribution in [1.29, 1.82) is 0 Å². The van der Waals surface area contributed by atoms with Crippen LogP contribution in [0.1, 0.15) is 24.6 Å². The third kappa shape index (κ3) is 1.70. The maximum Gasteiger partial charge on any atom is 0.134 e. The fraction of sp³-hybridized carbons (Fsp3) is 0.300. The Morgan fingerprint density at radius 3 is 2.87 bits per heavy atom. The summed E-state index contributed by atoms with van der Waals surface area (Å²) in [6.45, 7) is 0. The van der Waals surface area contributed by atoms with Gasteiger partial charge in [-0.3, -0.25) is 4.98 Å². The number of nitrogens with zero attached hydrogens (tertiary/aromatic N) is 3. The van der Waals surface area contributed by atoms with E-state index in [0.717, 1.165) is 16.4 Å². The van der Waals surface area contributed by atoms with Crippen LogP contribution in [0.3, 0.4) is 0 Å². The fourth-order valence-corrected chi connectivity index (χ4v) is 2.06. The van der Waals surface area contributed by atoms with Crippen LogP contribution in [0.15, 0.2) is 17.8 Å². The van der Waals surface area contributed by atoms with E-state index >= 15 is 0 Å². The smallest absolute Gasteiger partial charge is 0.134 e. The first-order chi connectivity index (χ1) is 7.33. The Hall–Kier alpha value is -1.49. The summed E-state index contributed by atoms with van der Waals surface area (Å²) in [5, 5.41) is 0. The zero-order valence-electron chi connectivity index (χ0n) is 8.05. The Bertz CT molecular complexity index is 476. The first kappa shape index (κ1) is 8.79. The van der Waals surface area contributed by atoms with Crippen molar-refractivity contribution in [3.63, 3.8) is 0 Å². The molecule has 0 unspecified atom stereocenters. The second kappa shape index (κ2) is 3.27. The summed E-state index contributed by atoms with van der Waals surface area (Å²) in [6, 6.07) is 1.80. The summed E-state index contributed by atoms with van der Waals surface area (Å²) in [7, 11) is 0. The molecule has 0 amide bonds. The molecule has 76 valence electrons. The molecule has 3 rings (SSSR count). The van der Waals surface area contributed by atoms with E-state index in [-0.39, 0.29) is 0 Å². The van der Waals surface area contributed by atoms with E-state index in [0.29, 0.717) is 11.7 Å². The van der Waals surface area contributed by atoms with Crippen LogP contribution in [0.2, 0.25) is 0 Å². The highest BCUT2D eigenvalue weighted by Crippen LogP contribution is 2.39. The number of nitrogen functional groups attached to an aromatic ring is 1. The van der Waals surface area contributed by atoms with Crippen molar-refractivity contribution in [1.82, 2.24) is 15.0 Å². The summed E-state index contributed by atoms with van der Waals surface area (Å²) in [5.41, 5.74) is 8.46. The van der Waals surface area contributed by atoms with Gasteiger partial charge in [0.15, 0.2) is 0 Å². The molecule has 0 aromatic carbocycles. The molecule has 0 aliphatic heterocycles. The number of anilines is 1. The van der Waals surface area contributed by atoms with Crippen molar-refractivity contribution in [3.05, 3.63) is 23.6 Å². The van der Waals surface area contributed by atoms with Crippen LogP contribution in [0, 0.1) is 0 Å². The maximum atomic E-state index is 5.76. The molecule has 0 radical (unpaired) electrons. The topological polar surface area (TPSA) is 64.7 Å². The molecule has 2 N–H and O–H groups in total. The lowest BCUT2D eigenvalue weighted by Crippen LogP contribution is -1.99. The summed E-state index contributed by atoms with van der Waals surface area (Å²) in [6.07, 6.45) is 4.18. The first-order valence-electron chi connectivity index (χ1n) is 4.86. The highest BCUT2D eigenvalue weighted by molar-refractivity contribution is 7.13. The van der Waals surface area contributed by atoms with Gasteiger partial charge in [0.1, 0.15) is 11.6 Å². The van der Waals surface area contributed by atoms with Crippen LogP contribution in [0.4, 0.5) is 5.82 Å². The minimum Gasteiger partial charge on any atom is -0.384 e. The molecule has 2 aromatic rings. The summed E-state index contributed by atoms with van der Waals surface area (Å²) in [5.74, 6) is 1.97. The van der Waals surface area contributed by atoms with Gasteiger partial charge in [0.2, 0.25) is 0 Å². The van der Waals surface area contributed by atoms with Gasteiger partial charge >= 0.3 is 0 Å². The zero-order chi connectivity index (χ0) is 10.3. The molecule has 2 heterocycles. The fourth-order valence-electron chi connectivity index (χ4n) is 1.48. The number of nitrogens with two attached hydrogens (primary N) is 1. The van der Waals surface area contributed by atoms with Gasteiger partial charge < -0.3 is 5.73 Å². The van der Waals surface area contributed by atoms with Crippen molar-refractivity contribution in [3.8, 4) is 10.6 Å². The lowest BCUT2D eigenvalue weighted by Gasteiger charge is -2.02. The van der Waals surface area contributed by atoms with E-state index < -0.39 is 0 Å². The van der Waals surface area contributed by atoms with Gasteiger partial charge in [0, 0.05) is 18.2 Å². The number of rotatable bonds is 2. The van der Waals surface area contributed by atoms with Crippen LogP contribution in [-0.4, -0.2) is 15.0 Å². The Balaban J connectivity index is 2.07. The number of aromatic nitrogens is 3. The van der Waals surface area contributed by atoms with E-state index in [4.69, 9.17) is 5.73 Å². The lowest BCUT2D eigenvalue weighted by atomic mass is 10.3. The number of hydrogen-bond acceptors (Lipinski definition) is 5. The van der Waals surface area contributed by atoms with Crippen molar-refractivity contribution < 1.29 is 0 Å². The van der Waals surface area contributed by atoms with E-state index in [1.807, 2.05) is 6.20 Å². The largest absolute Gasteiger partial charge is 0.384 e. The van der Waals surface area contributed by atoms with Crippen LogP contribution in [0.25, 0.3) is 10.6 Å². The van der Waals surface area contributed by atoms with Gasteiger partial charge in [-0.2, -0.15) is 0 Å². The quantitative estimate of drug-likeness (QED) is 0.838. The molecule has 0 saturated heterocycles. The highest BCUT2D eigenvalue weighted by atomic mass is 32.1. The Morgan fingerprint density at radius 2 is 2.20 bits per heavy atom. The van der Waals surface area contributed by atoms with Crippen molar-refractivity contribution in [2.45, 2.75) is 18.8 Å². The molecule has 4 nitrogen and oxygen atoms in total. The van der Waals surface area contributed by atoms with E-state index in [2.05, 4.69) is 15.0 Å². The number of hydrogen-bond donors (Lipinski definition) is 1. The number of thiazole rings is 1. The second-order valence-electron chi connectivity index (χ2n) is 3.68. The maximum absolute atomic E-state index is 5.76. The molecule has 0 spiro atoms. The SMILES string of the molecule is Nc1cc(-c2cncs2)nc(C2CC2)n1. The van der Waals surface area contributed by atoms with E-state index in [9.17, 15) is 0 Å². The normalized spacial score (nSPS) is 15.5. The van der Waals surface area contributed by atoms with Gasteiger partial charge in [-0.15, -0.1) is 11.3 Å². The minimum atomic E-state index is 0.528. The van der Waals surface area contributed by atoms with Gasteiger partial charge in [0.05, 0.1) is 16.1 Å². The molecule has 1 aliphatic carbocycles. The molecular weight excluding hydrogens is 208 g/mol.